The molecule has 0 amide bonds. The molecule has 1 heterocycles. The van der Waals surface area contributed by atoms with Gasteiger partial charge in [-0.05, 0) is 56.8 Å². The monoisotopic (exact) mass is 289 g/mol. The molecular weight excluding hydrogens is 258 g/mol. The first-order valence-electron chi connectivity index (χ1n) is 8.28. The van der Waals surface area contributed by atoms with E-state index in [4.69, 9.17) is 5.84 Å². The van der Waals surface area contributed by atoms with E-state index in [1.54, 1.807) is 0 Å². The van der Waals surface area contributed by atoms with E-state index in [-0.39, 0.29) is 11.6 Å². The van der Waals surface area contributed by atoms with E-state index in [0.717, 1.165) is 0 Å². The molecule has 1 atom stereocenters. The second kappa shape index (κ2) is 6.91. The van der Waals surface area contributed by atoms with Crippen molar-refractivity contribution in [2.45, 2.75) is 64.5 Å². The lowest BCUT2D eigenvalue weighted by Gasteiger charge is -2.46. The van der Waals surface area contributed by atoms with Crippen LogP contribution in [0.15, 0.2) is 24.3 Å². The predicted octanol–water partition coefficient (Wildman–Crippen LogP) is 3.58. The van der Waals surface area contributed by atoms with Crippen LogP contribution in [0.5, 0.6) is 0 Å². The number of hydrogen-bond acceptors (Lipinski definition) is 3. The van der Waals surface area contributed by atoms with Gasteiger partial charge in [-0.15, -0.1) is 0 Å². The lowest BCUT2D eigenvalue weighted by Crippen LogP contribution is -2.55. The number of hydrogen-bond donors (Lipinski definition) is 2. The molecule has 1 unspecified atom stereocenters. The second-order valence-corrected chi connectivity index (χ2v) is 7.12. The predicted molar refractivity (Wildman–Crippen MR) is 90.1 cm³/mol. The van der Waals surface area contributed by atoms with Crippen molar-refractivity contribution in [3.63, 3.8) is 0 Å². The Balaban J connectivity index is 2.20. The van der Waals surface area contributed by atoms with Gasteiger partial charge in [0.2, 0.25) is 0 Å². The minimum Gasteiger partial charge on any atom is -0.296 e. The Morgan fingerprint density at radius 3 is 2.00 bits per heavy atom. The van der Waals surface area contributed by atoms with Gasteiger partial charge in [0.1, 0.15) is 0 Å². The molecule has 2 rings (SSSR count). The van der Waals surface area contributed by atoms with Gasteiger partial charge in [-0.3, -0.25) is 16.2 Å². The Morgan fingerprint density at radius 1 is 1.00 bits per heavy atom. The highest BCUT2D eigenvalue weighted by molar-refractivity contribution is 5.28. The number of nitrogens with two attached hydrogens (primary N) is 1. The average molecular weight is 289 g/mol. The molecule has 1 aliphatic rings. The molecule has 118 valence electrons. The van der Waals surface area contributed by atoms with Crippen LogP contribution in [0.2, 0.25) is 0 Å². The molecule has 3 nitrogen and oxygen atoms in total. The third-order valence-corrected chi connectivity index (χ3v) is 4.98. The molecule has 0 radical (unpaired) electrons. The number of hydrazine groups is 1. The van der Waals surface area contributed by atoms with Crippen molar-refractivity contribution in [2.75, 3.05) is 13.1 Å². The maximum Gasteiger partial charge on any atom is 0.0638 e. The van der Waals surface area contributed by atoms with Crippen LogP contribution in [0.1, 0.15) is 70.0 Å². The molecule has 1 fully saturated rings. The summed E-state index contributed by atoms with van der Waals surface area (Å²) in [6.07, 6.45) is 3.95. The van der Waals surface area contributed by atoms with E-state index in [2.05, 4.69) is 62.3 Å². The molecule has 3 N–H and O–H groups in total. The Labute approximate surface area is 129 Å². The summed E-state index contributed by atoms with van der Waals surface area (Å²) in [5, 5.41) is 0. The molecule has 1 aliphatic heterocycles. The summed E-state index contributed by atoms with van der Waals surface area (Å²) >= 11 is 0. The van der Waals surface area contributed by atoms with E-state index >= 15 is 0 Å². The maximum atomic E-state index is 5.92. The lowest BCUT2D eigenvalue weighted by molar-refractivity contribution is 0.0608. The zero-order valence-corrected chi connectivity index (χ0v) is 14.0. The molecule has 1 aromatic carbocycles. The largest absolute Gasteiger partial charge is 0.296 e. The van der Waals surface area contributed by atoms with Gasteiger partial charge in [-0.1, -0.05) is 44.5 Å². The third kappa shape index (κ3) is 3.65. The summed E-state index contributed by atoms with van der Waals surface area (Å²) in [6, 6.07) is 9.07. The number of benzene rings is 1. The zero-order valence-electron chi connectivity index (χ0n) is 14.0. The molecule has 21 heavy (non-hydrogen) atoms. The molecular formula is C18H31N3. The van der Waals surface area contributed by atoms with Crippen LogP contribution in [-0.4, -0.2) is 23.5 Å². The van der Waals surface area contributed by atoms with Crippen molar-refractivity contribution in [3.8, 4) is 0 Å². The minimum atomic E-state index is 0.0223. The smallest absolute Gasteiger partial charge is 0.0638 e. The standard InChI is InChI=1S/C18H31N3/c1-14(2)15-8-10-16(11-9-15)17(20-19)18(3,4)21-12-6-5-7-13-21/h8-11,14,17,20H,5-7,12-13,19H2,1-4H3. The molecule has 1 saturated heterocycles. The Kier molecular flexibility index (Phi) is 5.42. The molecule has 0 aromatic heterocycles. The van der Waals surface area contributed by atoms with Gasteiger partial charge < -0.3 is 0 Å². The van der Waals surface area contributed by atoms with Crippen molar-refractivity contribution < 1.29 is 0 Å². The first kappa shape index (κ1) is 16.5. The summed E-state index contributed by atoms with van der Waals surface area (Å²) in [6.45, 7) is 11.4. The fraction of sp³-hybridized carbons (Fsp3) is 0.667. The number of nitrogens with one attached hydrogen (secondary N) is 1. The van der Waals surface area contributed by atoms with Crippen molar-refractivity contribution >= 4 is 0 Å². The van der Waals surface area contributed by atoms with Crippen LogP contribution in [0.25, 0.3) is 0 Å². The van der Waals surface area contributed by atoms with Gasteiger partial charge in [-0.2, -0.15) is 0 Å². The minimum absolute atomic E-state index is 0.0223. The van der Waals surface area contributed by atoms with Crippen LogP contribution >= 0.6 is 0 Å². The molecule has 0 aliphatic carbocycles. The Bertz CT molecular complexity index is 430. The van der Waals surface area contributed by atoms with E-state index in [9.17, 15) is 0 Å². The number of rotatable bonds is 5. The van der Waals surface area contributed by atoms with Gasteiger partial charge in [0.05, 0.1) is 6.04 Å². The molecule has 3 heteroatoms. The van der Waals surface area contributed by atoms with E-state index in [0.29, 0.717) is 5.92 Å². The fourth-order valence-electron chi connectivity index (χ4n) is 3.43. The third-order valence-electron chi connectivity index (χ3n) is 4.98. The van der Waals surface area contributed by atoms with Gasteiger partial charge in [-0.25, -0.2) is 0 Å². The topological polar surface area (TPSA) is 41.3 Å². The quantitative estimate of drug-likeness (QED) is 0.643. The Morgan fingerprint density at radius 2 is 1.52 bits per heavy atom. The molecule has 0 saturated carbocycles. The van der Waals surface area contributed by atoms with Crippen LogP contribution in [0.3, 0.4) is 0 Å². The highest BCUT2D eigenvalue weighted by Gasteiger charge is 2.36. The second-order valence-electron chi connectivity index (χ2n) is 7.12. The van der Waals surface area contributed by atoms with Crippen LogP contribution in [0, 0.1) is 0 Å². The van der Waals surface area contributed by atoms with Crippen molar-refractivity contribution in [1.82, 2.24) is 10.3 Å². The SMILES string of the molecule is CC(C)c1ccc(C(NN)C(C)(C)N2CCCCC2)cc1. The van der Waals surface area contributed by atoms with Crippen LogP contribution in [-0.2, 0) is 0 Å². The van der Waals surface area contributed by atoms with Crippen molar-refractivity contribution in [1.29, 1.82) is 0 Å². The first-order valence-corrected chi connectivity index (χ1v) is 8.28. The molecule has 0 spiro atoms. The highest BCUT2D eigenvalue weighted by atomic mass is 15.3. The number of likely N-dealkylation sites (tertiary alicyclic amines) is 1. The van der Waals surface area contributed by atoms with Crippen LogP contribution < -0.4 is 11.3 Å². The van der Waals surface area contributed by atoms with E-state index < -0.39 is 0 Å². The van der Waals surface area contributed by atoms with E-state index in [1.165, 1.54) is 43.5 Å². The number of nitrogens with zero attached hydrogens (tertiary/aromatic N) is 1. The summed E-state index contributed by atoms with van der Waals surface area (Å²) in [4.78, 5) is 2.58. The maximum absolute atomic E-state index is 5.92. The summed E-state index contributed by atoms with van der Waals surface area (Å²) in [5.74, 6) is 6.49. The normalized spacial score (nSPS) is 19.0. The summed E-state index contributed by atoms with van der Waals surface area (Å²) in [5.41, 5.74) is 5.74. The summed E-state index contributed by atoms with van der Waals surface area (Å²) < 4.78 is 0. The first-order chi connectivity index (χ1) is 9.96. The fourth-order valence-corrected chi connectivity index (χ4v) is 3.43. The lowest BCUT2D eigenvalue weighted by atomic mass is 9.85. The Hall–Kier alpha value is -0.900. The van der Waals surface area contributed by atoms with Crippen LogP contribution in [0.4, 0.5) is 0 Å². The van der Waals surface area contributed by atoms with Crippen molar-refractivity contribution in [3.05, 3.63) is 35.4 Å². The van der Waals surface area contributed by atoms with Gasteiger partial charge in [0, 0.05) is 5.54 Å². The van der Waals surface area contributed by atoms with Gasteiger partial charge >= 0.3 is 0 Å². The average Bonchev–Trinajstić information content (AvgIpc) is 2.49. The van der Waals surface area contributed by atoms with Crippen molar-refractivity contribution in [2.24, 2.45) is 5.84 Å². The van der Waals surface area contributed by atoms with E-state index in [1.807, 2.05) is 0 Å². The van der Waals surface area contributed by atoms with Gasteiger partial charge in [0.25, 0.3) is 0 Å². The highest BCUT2D eigenvalue weighted by Crippen LogP contribution is 2.33. The molecule has 1 aromatic rings. The summed E-state index contributed by atoms with van der Waals surface area (Å²) in [7, 11) is 0. The van der Waals surface area contributed by atoms with Gasteiger partial charge in [0.15, 0.2) is 0 Å². The molecule has 0 bridgehead atoms. The number of piperidine rings is 1. The zero-order chi connectivity index (χ0) is 15.5.